The molecule has 2 atom stereocenters. The first-order valence-corrected chi connectivity index (χ1v) is 4.15. The fourth-order valence-electron chi connectivity index (χ4n) is 1.40. The van der Waals surface area contributed by atoms with E-state index in [1.54, 1.807) is 0 Å². The van der Waals surface area contributed by atoms with E-state index in [9.17, 15) is 0 Å². The molecular formula is C9H15NO. The van der Waals surface area contributed by atoms with Gasteiger partial charge in [-0.15, -0.1) is 6.42 Å². The van der Waals surface area contributed by atoms with Crippen LogP contribution in [0.5, 0.6) is 0 Å². The Morgan fingerprint density at radius 2 is 2.64 bits per heavy atom. The van der Waals surface area contributed by atoms with Crippen LogP contribution in [0.2, 0.25) is 0 Å². The van der Waals surface area contributed by atoms with Crippen LogP contribution >= 0.6 is 0 Å². The van der Waals surface area contributed by atoms with Crippen LogP contribution in [0, 0.1) is 18.3 Å². The van der Waals surface area contributed by atoms with Crippen LogP contribution in [0.25, 0.3) is 0 Å². The van der Waals surface area contributed by atoms with Crippen molar-refractivity contribution >= 4 is 0 Å². The lowest BCUT2D eigenvalue weighted by Gasteiger charge is -2.16. The third-order valence-electron chi connectivity index (χ3n) is 2.04. The summed E-state index contributed by atoms with van der Waals surface area (Å²) in [7, 11) is 0. The Kier molecular flexibility index (Phi) is 3.41. The van der Waals surface area contributed by atoms with Gasteiger partial charge in [0.05, 0.1) is 12.6 Å². The van der Waals surface area contributed by atoms with E-state index in [0.29, 0.717) is 5.92 Å². The Labute approximate surface area is 68.3 Å². The summed E-state index contributed by atoms with van der Waals surface area (Å²) < 4.78 is 5.25. The fraction of sp³-hybridized carbons (Fsp3) is 0.778. The highest BCUT2D eigenvalue weighted by atomic mass is 16.5. The van der Waals surface area contributed by atoms with E-state index in [-0.39, 0.29) is 6.04 Å². The second-order valence-electron chi connectivity index (χ2n) is 2.83. The summed E-state index contributed by atoms with van der Waals surface area (Å²) in [5.74, 6) is 3.28. The molecule has 1 rings (SSSR count). The van der Waals surface area contributed by atoms with Crippen LogP contribution in [0.15, 0.2) is 0 Å². The predicted octanol–water partition coefficient (Wildman–Crippen LogP) is 0.634. The van der Waals surface area contributed by atoms with Crippen LogP contribution in [0.1, 0.15) is 13.3 Å². The molecular weight excluding hydrogens is 138 g/mol. The van der Waals surface area contributed by atoms with Gasteiger partial charge in [0.15, 0.2) is 0 Å². The second kappa shape index (κ2) is 4.38. The molecule has 0 aliphatic carbocycles. The van der Waals surface area contributed by atoms with Crippen LogP contribution in [-0.2, 0) is 4.74 Å². The van der Waals surface area contributed by atoms with Gasteiger partial charge in [0, 0.05) is 12.5 Å². The summed E-state index contributed by atoms with van der Waals surface area (Å²) in [6.45, 7) is 4.70. The smallest absolute Gasteiger partial charge is 0.0738 e. The van der Waals surface area contributed by atoms with Gasteiger partial charge in [0.25, 0.3) is 0 Å². The molecule has 1 fully saturated rings. The molecule has 1 aliphatic rings. The van der Waals surface area contributed by atoms with Crippen LogP contribution in [0.4, 0.5) is 0 Å². The normalized spacial score (nSPS) is 26.4. The molecule has 0 aromatic rings. The maximum absolute atomic E-state index is 5.37. The van der Waals surface area contributed by atoms with E-state index in [1.807, 2.05) is 0 Å². The molecule has 11 heavy (non-hydrogen) atoms. The molecule has 1 saturated heterocycles. The summed E-state index contributed by atoms with van der Waals surface area (Å²) in [5, 5.41) is 3.26. The van der Waals surface area contributed by atoms with Gasteiger partial charge < -0.3 is 10.1 Å². The van der Waals surface area contributed by atoms with Gasteiger partial charge >= 0.3 is 0 Å². The number of hydrogen-bond acceptors (Lipinski definition) is 2. The molecule has 62 valence electrons. The zero-order valence-corrected chi connectivity index (χ0v) is 6.97. The van der Waals surface area contributed by atoms with Crippen molar-refractivity contribution < 1.29 is 4.74 Å². The van der Waals surface area contributed by atoms with Crippen molar-refractivity contribution in [2.75, 3.05) is 19.8 Å². The lowest BCUT2D eigenvalue weighted by molar-refractivity contribution is 0.181. The molecule has 0 spiro atoms. The molecule has 0 aromatic heterocycles. The third kappa shape index (κ3) is 2.21. The molecule has 1 N–H and O–H groups in total. The first-order chi connectivity index (χ1) is 5.38. The molecule has 0 bridgehead atoms. The van der Waals surface area contributed by atoms with E-state index >= 15 is 0 Å². The number of rotatable bonds is 3. The van der Waals surface area contributed by atoms with E-state index in [2.05, 4.69) is 18.2 Å². The first-order valence-electron chi connectivity index (χ1n) is 4.15. The zero-order chi connectivity index (χ0) is 8.10. The Bertz CT molecular complexity index is 144. The predicted molar refractivity (Wildman–Crippen MR) is 45.2 cm³/mol. The van der Waals surface area contributed by atoms with Gasteiger partial charge in [0.1, 0.15) is 0 Å². The van der Waals surface area contributed by atoms with Crippen molar-refractivity contribution in [2.45, 2.75) is 19.4 Å². The topological polar surface area (TPSA) is 21.3 Å². The maximum atomic E-state index is 5.37. The summed E-state index contributed by atoms with van der Waals surface area (Å²) in [4.78, 5) is 0. The molecule has 1 heterocycles. The van der Waals surface area contributed by atoms with Crippen molar-refractivity contribution in [1.29, 1.82) is 0 Å². The van der Waals surface area contributed by atoms with E-state index in [0.717, 1.165) is 26.2 Å². The average molecular weight is 153 g/mol. The van der Waals surface area contributed by atoms with Crippen LogP contribution in [0.3, 0.4) is 0 Å². The van der Waals surface area contributed by atoms with E-state index in [1.165, 1.54) is 0 Å². The minimum absolute atomic E-state index is 0.211. The molecule has 2 heteroatoms. The average Bonchev–Trinajstić information content (AvgIpc) is 2.52. The highest BCUT2D eigenvalue weighted by Crippen LogP contribution is 2.15. The molecule has 0 amide bonds. The van der Waals surface area contributed by atoms with Gasteiger partial charge in [0.2, 0.25) is 0 Å². The largest absolute Gasteiger partial charge is 0.381 e. The standard InChI is InChI=1S/C9H15NO/c1-3-9(10-4-2)8-5-6-11-7-8/h1,8-10H,4-7H2,2H3. The Morgan fingerprint density at radius 1 is 1.82 bits per heavy atom. The van der Waals surface area contributed by atoms with Gasteiger partial charge in [-0.25, -0.2) is 0 Å². The second-order valence-corrected chi connectivity index (χ2v) is 2.83. The summed E-state index contributed by atoms with van der Waals surface area (Å²) in [6, 6.07) is 0.211. The van der Waals surface area contributed by atoms with Gasteiger partial charge in [-0.3, -0.25) is 0 Å². The lowest BCUT2D eigenvalue weighted by Crippen LogP contribution is -2.35. The quantitative estimate of drug-likeness (QED) is 0.601. The lowest BCUT2D eigenvalue weighted by atomic mass is 10.00. The monoisotopic (exact) mass is 153 g/mol. The van der Waals surface area contributed by atoms with Crippen LogP contribution < -0.4 is 5.32 Å². The summed E-state index contributed by atoms with van der Waals surface area (Å²) in [6.07, 6.45) is 6.47. The molecule has 2 nitrogen and oxygen atoms in total. The van der Waals surface area contributed by atoms with Crippen molar-refractivity contribution in [2.24, 2.45) is 5.92 Å². The zero-order valence-electron chi connectivity index (χ0n) is 6.97. The fourth-order valence-corrected chi connectivity index (χ4v) is 1.40. The molecule has 1 aliphatic heterocycles. The summed E-state index contributed by atoms with van der Waals surface area (Å²) >= 11 is 0. The SMILES string of the molecule is C#CC(NCC)C1CCOC1. The van der Waals surface area contributed by atoms with Crippen LogP contribution in [-0.4, -0.2) is 25.8 Å². The third-order valence-corrected chi connectivity index (χ3v) is 2.04. The highest BCUT2D eigenvalue weighted by Gasteiger charge is 2.22. The Hall–Kier alpha value is -0.520. The summed E-state index contributed by atoms with van der Waals surface area (Å²) in [5.41, 5.74) is 0. The number of ether oxygens (including phenoxy) is 1. The van der Waals surface area contributed by atoms with Crippen molar-refractivity contribution in [3.8, 4) is 12.3 Å². The molecule has 2 unspecified atom stereocenters. The van der Waals surface area contributed by atoms with Gasteiger partial charge in [-0.2, -0.15) is 0 Å². The van der Waals surface area contributed by atoms with Crippen molar-refractivity contribution in [3.63, 3.8) is 0 Å². The van der Waals surface area contributed by atoms with Crippen molar-refractivity contribution in [1.82, 2.24) is 5.32 Å². The number of terminal acetylenes is 1. The molecule has 0 aromatic carbocycles. The Morgan fingerprint density at radius 3 is 3.09 bits per heavy atom. The minimum Gasteiger partial charge on any atom is -0.381 e. The van der Waals surface area contributed by atoms with Gasteiger partial charge in [-0.1, -0.05) is 12.8 Å². The maximum Gasteiger partial charge on any atom is 0.0738 e. The number of nitrogens with one attached hydrogen (secondary N) is 1. The van der Waals surface area contributed by atoms with E-state index < -0.39 is 0 Å². The Balaban J connectivity index is 2.35. The van der Waals surface area contributed by atoms with Crippen molar-refractivity contribution in [3.05, 3.63) is 0 Å². The minimum atomic E-state index is 0.211. The van der Waals surface area contributed by atoms with Gasteiger partial charge in [-0.05, 0) is 13.0 Å². The number of hydrogen-bond donors (Lipinski definition) is 1. The highest BCUT2D eigenvalue weighted by molar-refractivity contribution is 5.02. The first kappa shape index (κ1) is 8.58. The molecule has 0 saturated carbocycles. The van der Waals surface area contributed by atoms with E-state index in [4.69, 9.17) is 11.2 Å². The molecule has 0 radical (unpaired) electrons.